The molecule has 0 heterocycles. The molecule has 0 fully saturated rings. The zero-order chi connectivity index (χ0) is 22.7. The smallest absolute Gasteiger partial charge is 0.0992 e. The predicted molar refractivity (Wildman–Crippen MR) is 135 cm³/mol. The van der Waals surface area contributed by atoms with Gasteiger partial charge in [0.05, 0.1) is 17.2 Å². The highest BCUT2D eigenvalue weighted by Gasteiger charge is 2.31. The largest absolute Gasteiger partial charge is 0.345 e. The van der Waals surface area contributed by atoms with Crippen LogP contribution in [0.2, 0.25) is 0 Å². The van der Waals surface area contributed by atoms with Crippen LogP contribution >= 0.6 is 0 Å². The molecule has 1 atom stereocenters. The fourth-order valence-corrected chi connectivity index (χ4v) is 4.17. The summed E-state index contributed by atoms with van der Waals surface area (Å²) in [6.45, 7) is 6.56. The molecule has 3 heteroatoms. The molecule has 4 rings (SSSR count). The fraction of sp³-hybridized carbons (Fsp3) is 0.207. The lowest BCUT2D eigenvalue weighted by Gasteiger charge is -2.42. The molecular weight excluding hydrogens is 390 g/mol. The van der Waals surface area contributed by atoms with Crippen LogP contribution in [0.25, 0.3) is 0 Å². The van der Waals surface area contributed by atoms with Gasteiger partial charge in [-0.25, -0.2) is 0 Å². The van der Waals surface area contributed by atoms with Crippen LogP contribution < -0.4 is 9.80 Å². The summed E-state index contributed by atoms with van der Waals surface area (Å²) in [6.07, 6.45) is 7.79. The van der Waals surface area contributed by atoms with Crippen molar-refractivity contribution in [3.63, 3.8) is 0 Å². The summed E-state index contributed by atoms with van der Waals surface area (Å²) in [5, 5.41) is 9.22. The van der Waals surface area contributed by atoms with Gasteiger partial charge in [0.1, 0.15) is 0 Å². The second-order valence-corrected chi connectivity index (χ2v) is 8.75. The third-order valence-corrected chi connectivity index (χ3v) is 6.20. The molecule has 0 aromatic heterocycles. The zero-order valence-electron chi connectivity index (χ0n) is 19.2. The quantitative estimate of drug-likeness (QED) is 0.430. The minimum absolute atomic E-state index is 0.149. The van der Waals surface area contributed by atoms with Crippen molar-refractivity contribution in [2.24, 2.45) is 0 Å². The van der Waals surface area contributed by atoms with Crippen molar-refractivity contribution >= 4 is 22.7 Å². The Bertz CT molecular complexity index is 1200. The van der Waals surface area contributed by atoms with Crippen molar-refractivity contribution in [1.82, 2.24) is 0 Å². The van der Waals surface area contributed by atoms with Crippen molar-refractivity contribution < 1.29 is 0 Å². The zero-order valence-corrected chi connectivity index (χ0v) is 19.2. The Balaban J connectivity index is 1.70. The van der Waals surface area contributed by atoms with Crippen molar-refractivity contribution in [2.75, 3.05) is 16.8 Å². The van der Waals surface area contributed by atoms with Crippen molar-refractivity contribution in [3.8, 4) is 6.07 Å². The van der Waals surface area contributed by atoms with E-state index >= 15 is 0 Å². The molecule has 32 heavy (non-hydrogen) atoms. The molecule has 0 radical (unpaired) electrons. The Hall–Kier alpha value is -3.77. The second kappa shape index (κ2) is 8.77. The monoisotopic (exact) mass is 419 g/mol. The predicted octanol–water partition coefficient (Wildman–Crippen LogP) is 7.44. The average Bonchev–Trinajstić information content (AvgIpc) is 2.82. The Morgan fingerprint density at radius 2 is 1.47 bits per heavy atom. The van der Waals surface area contributed by atoms with E-state index in [9.17, 15) is 5.26 Å². The molecule has 3 aromatic rings. The van der Waals surface area contributed by atoms with Gasteiger partial charge in [0, 0.05) is 29.8 Å². The van der Waals surface area contributed by atoms with Gasteiger partial charge in [0.2, 0.25) is 0 Å². The van der Waals surface area contributed by atoms with E-state index in [4.69, 9.17) is 0 Å². The third-order valence-electron chi connectivity index (χ3n) is 6.20. The second-order valence-electron chi connectivity index (χ2n) is 8.75. The molecule has 160 valence electrons. The molecular formula is C29H29N3. The molecule has 1 unspecified atom stereocenters. The standard InChI is InChI=1S/C29H29N3/c1-22-8-10-26(11-9-22)32(29(3)18-16-23(2)17-19-29)27-14-12-25(13-15-27)31(4)28-7-5-6-24(20-28)21-30/h5-18,20H,19H2,1-4H3. The number of benzene rings is 3. The first-order valence-electron chi connectivity index (χ1n) is 11.0. The molecule has 0 saturated carbocycles. The highest BCUT2D eigenvalue weighted by molar-refractivity contribution is 5.71. The van der Waals surface area contributed by atoms with Crippen LogP contribution in [0.5, 0.6) is 0 Å². The van der Waals surface area contributed by atoms with E-state index in [0.717, 1.165) is 23.5 Å². The molecule has 0 amide bonds. The maximum absolute atomic E-state index is 9.22. The average molecular weight is 420 g/mol. The van der Waals surface area contributed by atoms with E-state index in [2.05, 4.69) is 103 Å². The van der Waals surface area contributed by atoms with Crippen LogP contribution in [-0.2, 0) is 0 Å². The summed E-state index contributed by atoms with van der Waals surface area (Å²) < 4.78 is 0. The number of nitriles is 1. The van der Waals surface area contributed by atoms with Gasteiger partial charge in [0.25, 0.3) is 0 Å². The number of hydrogen-bond acceptors (Lipinski definition) is 3. The van der Waals surface area contributed by atoms with E-state index in [-0.39, 0.29) is 5.54 Å². The first-order chi connectivity index (χ1) is 15.4. The topological polar surface area (TPSA) is 30.3 Å². The van der Waals surface area contributed by atoms with Crippen LogP contribution in [0.1, 0.15) is 31.4 Å². The van der Waals surface area contributed by atoms with Gasteiger partial charge < -0.3 is 9.80 Å². The molecule has 0 bridgehead atoms. The SMILES string of the molecule is CC1=CCC(C)(N(c2ccc(C)cc2)c2ccc(N(C)c3cccc(C#N)c3)cc2)C=C1. The summed E-state index contributed by atoms with van der Waals surface area (Å²) in [5.74, 6) is 0. The molecule has 3 aromatic carbocycles. The first kappa shape index (κ1) is 21.5. The van der Waals surface area contributed by atoms with Crippen molar-refractivity contribution in [1.29, 1.82) is 5.26 Å². The highest BCUT2D eigenvalue weighted by atomic mass is 15.2. The van der Waals surface area contributed by atoms with E-state index in [1.54, 1.807) is 0 Å². The number of rotatable bonds is 5. The van der Waals surface area contributed by atoms with E-state index < -0.39 is 0 Å². The lowest BCUT2D eigenvalue weighted by atomic mass is 9.88. The minimum atomic E-state index is -0.149. The van der Waals surface area contributed by atoms with Gasteiger partial charge in [-0.3, -0.25) is 0 Å². The molecule has 1 aliphatic rings. The summed E-state index contributed by atoms with van der Waals surface area (Å²) in [4.78, 5) is 4.53. The highest BCUT2D eigenvalue weighted by Crippen LogP contribution is 2.39. The van der Waals surface area contributed by atoms with Gasteiger partial charge in [0.15, 0.2) is 0 Å². The molecule has 0 spiro atoms. The Kier molecular flexibility index (Phi) is 5.88. The van der Waals surface area contributed by atoms with Gasteiger partial charge in [-0.05, 0) is 81.8 Å². The van der Waals surface area contributed by atoms with Crippen LogP contribution in [0.15, 0.2) is 96.6 Å². The molecule has 0 aliphatic heterocycles. The van der Waals surface area contributed by atoms with Gasteiger partial charge in [-0.2, -0.15) is 5.26 Å². The number of nitrogens with zero attached hydrogens (tertiary/aromatic N) is 3. The van der Waals surface area contributed by atoms with Crippen LogP contribution in [-0.4, -0.2) is 12.6 Å². The van der Waals surface area contributed by atoms with E-state index in [0.29, 0.717) is 5.56 Å². The summed E-state index contributed by atoms with van der Waals surface area (Å²) >= 11 is 0. The first-order valence-corrected chi connectivity index (χ1v) is 11.0. The molecule has 0 N–H and O–H groups in total. The summed E-state index contributed by atoms with van der Waals surface area (Å²) in [7, 11) is 2.03. The normalized spacial score (nSPS) is 17.4. The lowest BCUT2D eigenvalue weighted by Crippen LogP contribution is -2.42. The number of aryl methyl sites for hydroxylation is 1. The van der Waals surface area contributed by atoms with Crippen molar-refractivity contribution in [2.45, 2.75) is 32.7 Å². The number of anilines is 4. The third kappa shape index (κ3) is 4.31. The fourth-order valence-electron chi connectivity index (χ4n) is 4.17. The van der Waals surface area contributed by atoms with Gasteiger partial charge in [-0.1, -0.05) is 47.6 Å². The summed E-state index contributed by atoms with van der Waals surface area (Å²) in [6, 6.07) is 27.3. The van der Waals surface area contributed by atoms with E-state index in [1.807, 2.05) is 31.3 Å². The summed E-state index contributed by atoms with van der Waals surface area (Å²) in [5.41, 5.74) is 7.48. The van der Waals surface area contributed by atoms with Crippen LogP contribution in [0.3, 0.4) is 0 Å². The van der Waals surface area contributed by atoms with Crippen LogP contribution in [0.4, 0.5) is 22.7 Å². The van der Waals surface area contributed by atoms with Gasteiger partial charge >= 0.3 is 0 Å². The Labute approximate surface area is 191 Å². The minimum Gasteiger partial charge on any atom is -0.345 e. The van der Waals surface area contributed by atoms with Gasteiger partial charge in [-0.15, -0.1) is 0 Å². The van der Waals surface area contributed by atoms with Crippen LogP contribution in [0, 0.1) is 18.3 Å². The molecule has 3 nitrogen and oxygen atoms in total. The lowest BCUT2D eigenvalue weighted by molar-refractivity contribution is 0.567. The number of allylic oxidation sites excluding steroid dienone is 2. The number of hydrogen-bond donors (Lipinski definition) is 0. The maximum Gasteiger partial charge on any atom is 0.0992 e. The molecule has 1 aliphatic carbocycles. The Morgan fingerprint density at radius 1 is 0.844 bits per heavy atom. The maximum atomic E-state index is 9.22. The molecule has 0 saturated heterocycles. The van der Waals surface area contributed by atoms with E-state index in [1.165, 1.54) is 16.8 Å². The van der Waals surface area contributed by atoms with Crippen molar-refractivity contribution in [3.05, 3.63) is 108 Å². The Morgan fingerprint density at radius 3 is 2.06 bits per heavy atom.